The number of hydrogen-bond acceptors (Lipinski definition) is 3. The topological polar surface area (TPSA) is 70.7 Å². The number of nitrogens with zero attached hydrogens (tertiary/aromatic N) is 2. The van der Waals surface area contributed by atoms with Gasteiger partial charge in [0, 0.05) is 29.2 Å². The van der Waals surface area contributed by atoms with Crippen LogP contribution in [0.2, 0.25) is 0 Å². The van der Waals surface area contributed by atoms with Gasteiger partial charge in [-0.05, 0) is 31.2 Å². The molecule has 0 bridgehead atoms. The maximum atomic E-state index is 12.1. The normalized spacial score (nSPS) is 10.3. The molecule has 0 saturated heterocycles. The molecule has 3 aromatic rings. The third-order valence-electron chi connectivity index (χ3n) is 3.08. The van der Waals surface area contributed by atoms with E-state index in [4.69, 9.17) is 0 Å². The Balaban J connectivity index is 1.82. The van der Waals surface area contributed by atoms with Crippen molar-refractivity contribution < 1.29 is 4.79 Å². The average molecular weight is 278 g/mol. The minimum Gasteiger partial charge on any atom is -0.342 e. The molecule has 2 N–H and O–H groups in total. The summed E-state index contributed by atoms with van der Waals surface area (Å²) in [7, 11) is 0. The number of H-pyrrole nitrogens is 1. The van der Waals surface area contributed by atoms with E-state index < -0.39 is 0 Å². The third kappa shape index (κ3) is 2.97. The molecule has 0 radical (unpaired) electrons. The molecule has 1 amide bonds. The van der Waals surface area contributed by atoms with Gasteiger partial charge in [-0.1, -0.05) is 12.1 Å². The quantitative estimate of drug-likeness (QED) is 0.773. The van der Waals surface area contributed by atoms with Crippen LogP contribution in [-0.2, 0) is 0 Å². The van der Waals surface area contributed by atoms with Gasteiger partial charge in [-0.25, -0.2) is 4.98 Å². The highest BCUT2D eigenvalue weighted by Crippen LogP contribution is 2.21. The number of carbonyl (C=O) groups excluding carboxylic acids is 1. The second-order valence-electron chi connectivity index (χ2n) is 4.65. The Hall–Kier alpha value is -2.95. The van der Waals surface area contributed by atoms with Crippen molar-refractivity contribution in [3.05, 3.63) is 66.4 Å². The van der Waals surface area contributed by atoms with Crippen molar-refractivity contribution in [2.24, 2.45) is 0 Å². The number of rotatable bonds is 3. The van der Waals surface area contributed by atoms with Crippen LogP contribution in [0.3, 0.4) is 0 Å². The maximum Gasteiger partial charge on any atom is 0.255 e. The molecule has 2 heterocycles. The summed E-state index contributed by atoms with van der Waals surface area (Å²) in [4.78, 5) is 23.4. The van der Waals surface area contributed by atoms with Crippen LogP contribution in [0.1, 0.15) is 16.2 Å². The van der Waals surface area contributed by atoms with Crippen LogP contribution in [0.4, 0.5) is 5.69 Å². The monoisotopic (exact) mass is 278 g/mol. The van der Waals surface area contributed by atoms with Crippen LogP contribution >= 0.6 is 0 Å². The summed E-state index contributed by atoms with van der Waals surface area (Å²) in [6.45, 7) is 1.90. The van der Waals surface area contributed by atoms with Crippen LogP contribution in [0.5, 0.6) is 0 Å². The molecule has 104 valence electrons. The first kappa shape index (κ1) is 13.1. The van der Waals surface area contributed by atoms with E-state index >= 15 is 0 Å². The first-order valence-electron chi connectivity index (χ1n) is 6.56. The summed E-state index contributed by atoms with van der Waals surface area (Å²) >= 11 is 0. The summed E-state index contributed by atoms with van der Waals surface area (Å²) in [5.41, 5.74) is 3.21. The molecule has 0 saturated carbocycles. The van der Waals surface area contributed by atoms with E-state index in [0.29, 0.717) is 5.56 Å². The van der Waals surface area contributed by atoms with E-state index in [0.717, 1.165) is 22.8 Å². The van der Waals surface area contributed by atoms with Gasteiger partial charge in [0.25, 0.3) is 5.91 Å². The van der Waals surface area contributed by atoms with Crippen molar-refractivity contribution in [3.8, 4) is 11.3 Å². The van der Waals surface area contributed by atoms with Crippen LogP contribution in [0.25, 0.3) is 11.3 Å². The van der Waals surface area contributed by atoms with Crippen molar-refractivity contribution in [1.29, 1.82) is 0 Å². The number of amides is 1. The number of carbonyl (C=O) groups is 1. The Labute approximate surface area is 122 Å². The highest BCUT2D eigenvalue weighted by molar-refractivity contribution is 6.04. The van der Waals surface area contributed by atoms with Gasteiger partial charge in [0.15, 0.2) is 0 Å². The summed E-state index contributed by atoms with van der Waals surface area (Å²) < 4.78 is 0. The standard InChI is InChI=1S/C16H14N4O/c1-11-18-10-15(19-11)13-3-2-4-14(9-13)20-16(21)12-5-7-17-8-6-12/h2-10H,1H3,(H,18,19)(H,20,21). The molecule has 5 heteroatoms. The minimum atomic E-state index is -0.157. The molecule has 0 aliphatic carbocycles. The zero-order valence-electron chi connectivity index (χ0n) is 11.5. The average Bonchev–Trinajstić information content (AvgIpc) is 2.95. The molecular formula is C16H14N4O. The number of nitrogens with one attached hydrogen (secondary N) is 2. The van der Waals surface area contributed by atoms with Gasteiger partial charge in [-0.2, -0.15) is 0 Å². The number of pyridine rings is 1. The SMILES string of the molecule is Cc1ncc(-c2cccc(NC(=O)c3ccncc3)c2)[nH]1. The molecule has 0 fully saturated rings. The molecule has 3 rings (SSSR count). The van der Waals surface area contributed by atoms with Crippen LogP contribution < -0.4 is 5.32 Å². The molecule has 2 aromatic heterocycles. The lowest BCUT2D eigenvalue weighted by Gasteiger charge is -2.06. The molecule has 0 unspecified atom stereocenters. The van der Waals surface area contributed by atoms with Gasteiger partial charge in [0.2, 0.25) is 0 Å². The van der Waals surface area contributed by atoms with E-state index in [1.54, 1.807) is 30.7 Å². The van der Waals surface area contributed by atoms with Crippen molar-refractivity contribution >= 4 is 11.6 Å². The molecule has 5 nitrogen and oxygen atoms in total. The lowest BCUT2D eigenvalue weighted by atomic mass is 10.1. The number of aromatic amines is 1. The molecule has 0 spiro atoms. The van der Waals surface area contributed by atoms with Crippen LogP contribution in [0.15, 0.2) is 55.0 Å². The number of anilines is 1. The zero-order chi connectivity index (χ0) is 14.7. The number of benzene rings is 1. The fourth-order valence-electron chi connectivity index (χ4n) is 2.04. The fraction of sp³-hybridized carbons (Fsp3) is 0.0625. The van der Waals surface area contributed by atoms with Gasteiger partial charge in [0.1, 0.15) is 5.82 Å². The first-order chi connectivity index (χ1) is 10.2. The van der Waals surface area contributed by atoms with E-state index in [-0.39, 0.29) is 5.91 Å². The van der Waals surface area contributed by atoms with Crippen molar-refractivity contribution in [2.75, 3.05) is 5.32 Å². The van der Waals surface area contributed by atoms with Crippen LogP contribution in [0, 0.1) is 6.92 Å². The highest BCUT2D eigenvalue weighted by atomic mass is 16.1. The largest absolute Gasteiger partial charge is 0.342 e. The zero-order valence-corrected chi connectivity index (χ0v) is 11.5. The lowest BCUT2D eigenvalue weighted by molar-refractivity contribution is 0.102. The van der Waals surface area contributed by atoms with Crippen molar-refractivity contribution in [1.82, 2.24) is 15.0 Å². The summed E-state index contributed by atoms with van der Waals surface area (Å²) in [6.07, 6.45) is 4.97. The van der Waals surface area contributed by atoms with Gasteiger partial charge < -0.3 is 10.3 Å². The van der Waals surface area contributed by atoms with E-state index in [2.05, 4.69) is 20.3 Å². The summed E-state index contributed by atoms with van der Waals surface area (Å²) in [6, 6.07) is 11.0. The van der Waals surface area contributed by atoms with Gasteiger partial charge in [-0.15, -0.1) is 0 Å². The van der Waals surface area contributed by atoms with Gasteiger partial charge in [0.05, 0.1) is 11.9 Å². The minimum absolute atomic E-state index is 0.157. The van der Waals surface area contributed by atoms with Gasteiger partial charge >= 0.3 is 0 Å². The second-order valence-corrected chi connectivity index (χ2v) is 4.65. The van der Waals surface area contributed by atoms with E-state index in [1.807, 2.05) is 31.2 Å². The Morgan fingerprint density at radius 2 is 2.00 bits per heavy atom. The lowest BCUT2D eigenvalue weighted by Crippen LogP contribution is -2.11. The second kappa shape index (κ2) is 5.58. The Morgan fingerprint density at radius 3 is 2.71 bits per heavy atom. The van der Waals surface area contributed by atoms with Crippen LogP contribution in [-0.4, -0.2) is 20.9 Å². The molecule has 1 aromatic carbocycles. The fourth-order valence-corrected chi connectivity index (χ4v) is 2.04. The van der Waals surface area contributed by atoms with E-state index in [9.17, 15) is 4.79 Å². The number of imidazole rings is 1. The molecule has 0 aliphatic heterocycles. The molecule has 0 aliphatic rings. The van der Waals surface area contributed by atoms with E-state index in [1.165, 1.54) is 0 Å². The maximum absolute atomic E-state index is 12.1. The Kier molecular flexibility index (Phi) is 3.47. The molecular weight excluding hydrogens is 264 g/mol. The Bertz CT molecular complexity index is 765. The molecule has 0 atom stereocenters. The smallest absolute Gasteiger partial charge is 0.255 e. The predicted octanol–water partition coefficient (Wildman–Crippen LogP) is 3.03. The van der Waals surface area contributed by atoms with Gasteiger partial charge in [-0.3, -0.25) is 9.78 Å². The predicted molar refractivity (Wildman–Crippen MR) is 81.0 cm³/mol. The van der Waals surface area contributed by atoms with Crippen molar-refractivity contribution in [3.63, 3.8) is 0 Å². The number of aryl methyl sites for hydroxylation is 1. The molecule has 21 heavy (non-hydrogen) atoms. The van der Waals surface area contributed by atoms with Crippen molar-refractivity contribution in [2.45, 2.75) is 6.92 Å². The summed E-state index contributed by atoms with van der Waals surface area (Å²) in [5.74, 6) is 0.701. The third-order valence-corrected chi connectivity index (χ3v) is 3.08. The summed E-state index contributed by atoms with van der Waals surface area (Å²) in [5, 5.41) is 2.87. The number of aromatic nitrogens is 3. The first-order valence-corrected chi connectivity index (χ1v) is 6.56. The highest BCUT2D eigenvalue weighted by Gasteiger charge is 2.07. The Morgan fingerprint density at radius 1 is 1.19 bits per heavy atom. The number of hydrogen-bond donors (Lipinski definition) is 2.